The molecule has 0 spiro atoms. The summed E-state index contributed by atoms with van der Waals surface area (Å²) in [5.74, 6) is 0. The summed E-state index contributed by atoms with van der Waals surface area (Å²) in [6.07, 6.45) is -0.236. The highest BCUT2D eigenvalue weighted by Gasteiger charge is 2.35. The maximum atomic E-state index is 11.3. The zero-order chi connectivity index (χ0) is 18.4. The number of methoxy groups -OCH3 is 1. The molecule has 2 atom stereocenters. The number of ether oxygens (including phenoxy) is 1. The molecule has 26 heavy (non-hydrogen) atoms. The number of benzene rings is 2. The van der Waals surface area contributed by atoms with Gasteiger partial charge < -0.3 is 14.7 Å². The first-order valence-corrected chi connectivity index (χ1v) is 9.00. The Bertz CT molecular complexity index is 651. The van der Waals surface area contributed by atoms with Gasteiger partial charge in [-0.2, -0.15) is 0 Å². The van der Waals surface area contributed by atoms with E-state index >= 15 is 0 Å². The predicted octanol–water partition coefficient (Wildman–Crippen LogP) is 3.46. The molecule has 1 N–H and O–H groups in total. The number of piperidine rings is 1. The maximum Gasteiger partial charge on any atom is 0.407 e. The van der Waals surface area contributed by atoms with Crippen molar-refractivity contribution in [2.75, 3.05) is 20.2 Å². The van der Waals surface area contributed by atoms with Crippen LogP contribution in [0.2, 0.25) is 0 Å². The van der Waals surface area contributed by atoms with Gasteiger partial charge in [0.25, 0.3) is 0 Å². The van der Waals surface area contributed by atoms with Crippen molar-refractivity contribution in [2.45, 2.75) is 31.7 Å². The van der Waals surface area contributed by atoms with E-state index in [0.29, 0.717) is 13.1 Å². The van der Waals surface area contributed by atoms with Crippen LogP contribution in [0.3, 0.4) is 0 Å². The number of likely N-dealkylation sites (tertiary alicyclic amines) is 1. The molecule has 5 heteroatoms. The van der Waals surface area contributed by atoms with E-state index in [1.807, 2.05) is 12.1 Å². The average Bonchev–Trinajstić information content (AvgIpc) is 2.68. The summed E-state index contributed by atoms with van der Waals surface area (Å²) in [6, 6.07) is 21.0. The van der Waals surface area contributed by atoms with Crippen LogP contribution < -0.4 is 0 Å². The summed E-state index contributed by atoms with van der Waals surface area (Å²) in [5, 5.41) is 9.30. The van der Waals surface area contributed by atoms with Crippen LogP contribution in [-0.2, 0) is 17.8 Å². The summed E-state index contributed by atoms with van der Waals surface area (Å²) in [4.78, 5) is 15.2. The third kappa shape index (κ3) is 4.62. The molecule has 1 heterocycles. The van der Waals surface area contributed by atoms with Crippen LogP contribution in [0.1, 0.15) is 17.5 Å². The SMILES string of the molecule is CO[C@@H]1CN(C(=O)O)CC[C@@H]1N(Cc1ccccc1)Cc1ccccc1. The molecular formula is C21H26N2O3. The topological polar surface area (TPSA) is 53.0 Å². The van der Waals surface area contributed by atoms with Crippen LogP contribution in [0.25, 0.3) is 0 Å². The number of carbonyl (C=O) groups is 1. The van der Waals surface area contributed by atoms with Crippen LogP contribution in [-0.4, -0.2) is 53.3 Å². The number of amides is 1. The molecular weight excluding hydrogens is 328 g/mol. The minimum atomic E-state index is -0.872. The quantitative estimate of drug-likeness (QED) is 0.863. The Morgan fingerprint density at radius 1 is 1.08 bits per heavy atom. The van der Waals surface area contributed by atoms with E-state index in [1.165, 1.54) is 16.0 Å². The van der Waals surface area contributed by atoms with E-state index < -0.39 is 6.09 Å². The molecule has 0 saturated carbocycles. The number of nitrogens with zero attached hydrogens (tertiary/aromatic N) is 2. The lowest BCUT2D eigenvalue weighted by atomic mass is 9.98. The van der Waals surface area contributed by atoms with Crippen molar-refractivity contribution in [3.8, 4) is 0 Å². The van der Waals surface area contributed by atoms with E-state index in [2.05, 4.69) is 53.4 Å². The second-order valence-electron chi connectivity index (χ2n) is 6.73. The molecule has 1 fully saturated rings. The molecule has 0 unspecified atom stereocenters. The molecule has 1 saturated heterocycles. The van der Waals surface area contributed by atoms with E-state index in [1.54, 1.807) is 7.11 Å². The molecule has 0 radical (unpaired) electrons. The van der Waals surface area contributed by atoms with E-state index in [0.717, 1.165) is 19.5 Å². The summed E-state index contributed by atoms with van der Waals surface area (Å²) >= 11 is 0. The Morgan fingerprint density at radius 2 is 1.62 bits per heavy atom. The Labute approximate surface area is 154 Å². The average molecular weight is 354 g/mol. The van der Waals surface area contributed by atoms with Gasteiger partial charge in [-0.25, -0.2) is 4.79 Å². The zero-order valence-electron chi connectivity index (χ0n) is 15.1. The van der Waals surface area contributed by atoms with Gasteiger partial charge in [0.2, 0.25) is 0 Å². The van der Waals surface area contributed by atoms with E-state index in [9.17, 15) is 9.90 Å². The fourth-order valence-electron chi connectivity index (χ4n) is 3.65. The summed E-state index contributed by atoms with van der Waals surface area (Å²) in [6.45, 7) is 2.58. The van der Waals surface area contributed by atoms with Gasteiger partial charge >= 0.3 is 6.09 Å². The zero-order valence-corrected chi connectivity index (χ0v) is 15.1. The highest BCUT2D eigenvalue weighted by atomic mass is 16.5. The molecule has 1 amide bonds. The number of rotatable bonds is 6. The summed E-state index contributed by atoms with van der Waals surface area (Å²) in [7, 11) is 1.67. The molecule has 1 aliphatic rings. The lowest BCUT2D eigenvalue weighted by Crippen LogP contribution is -2.55. The standard InChI is InChI=1S/C21H26N2O3/c1-26-20-16-22(21(24)25)13-12-19(20)23(14-17-8-4-2-5-9-17)15-18-10-6-3-7-11-18/h2-11,19-20H,12-16H2,1H3,(H,24,25)/t19-,20+/m0/s1. The van der Waals surface area contributed by atoms with Gasteiger partial charge in [0.05, 0.1) is 12.6 Å². The molecule has 0 aromatic heterocycles. The Morgan fingerprint density at radius 3 is 2.08 bits per heavy atom. The van der Waals surface area contributed by atoms with Gasteiger partial charge in [-0.3, -0.25) is 4.90 Å². The largest absolute Gasteiger partial charge is 0.465 e. The van der Waals surface area contributed by atoms with Crippen LogP contribution in [0, 0.1) is 0 Å². The van der Waals surface area contributed by atoms with Crippen molar-refractivity contribution >= 4 is 6.09 Å². The van der Waals surface area contributed by atoms with Gasteiger partial charge in [0.15, 0.2) is 0 Å². The second-order valence-corrected chi connectivity index (χ2v) is 6.73. The highest BCUT2D eigenvalue weighted by Crippen LogP contribution is 2.23. The Hall–Kier alpha value is -2.37. The lowest BCUT2D eigenvalue weighted by molar-refractivity contribution is -0.0385. The van der Waals surface area contributed by atoms with Crippen molar-refractivity contribution in [1.82, 2.24) is 9.80 Å². The second kappa shape index (κ2) is 8.83. The predicted molar refractivity (Wildman–Crippen MR) is 101 cm³/mol. The van der Waals surface area contributed by atoms with Crippen LogP contribution in [0.4, 0.5) is 4.79 Å². The fraction of sp³-hybridized carbons (Fsp3) is 0.381. The molecule has 138 valence electrons. The van der Waals surface area contributed by atoms with Crippen molar-refractivity contribution in [2.24, 2.45) is 0 Å². The molecule has 5 nitrogen and oxygen atoms in total. The normalized spacial score (nSPS) is 20.3. The van der Waals surface area contributed by atoms with Gasteiger partial charge in [0.1, 0.15) is 0 Å². The van der Waals surface area contributed by atoms with Crippen LogP contribution in [0.5, 0.6) is 0 Å². The molecule has 0 bridgehead atoms. The van der Waals surface area contributed by atoms with Crippen LogP contribution in [0.15, 0.2) is 60.7 Å². The first kappa shape index (κ1) is 18.4. The number of carboxylic acid groups (broad SMARTS) is 1. The van der Waals surface area contributed by atoms with Crippen molar-refractivity contribution in [3.63, 3.8) is 0 Å². The molecule has 2 aromatic rings. The first-order chi connectivity index (χ1) is 12.7. The number of hydrogen-bond acceptors (Lipinski definition) is 3. The lowest BCUT2D eigenvalue weighted by Gasteiger charge is -2.42. The van der Waals surface area contributed by atoms with Crippen molar-refractivity contribution < 1.29 is 14.6 Å². The molecule has 2 aromatic carbocycles. The van der Waals surface area contributed by atoms with Crippen molar-refractivity contribution in [1.29, 1.82) is 0 Å². The maximum absolute atomic E-state index is 11.3. The van der Waals surface area contributed by atoms with E-state index in [4.69, 9.17) is 4.74 Å². The molecule has 3 rings (SSSR count). The van der Waals surface area contributed by atoms with E-state index in [-0.39, 0.29) is 12.1 Å². The Kier molecular flexibility index (Phi) is 6.26. The highest BCUT2D eigenvalue weighted by molar-refractivity contribution is 5.65. The minimum Gasteiger partial charge on any atom is -0.465 e. The first-order valence-electron chi connectivity index (χ1n) is 9.00. The summed E-state index contributed by atoms with van der Waals surface area (Å²) in [5.41, 5.74) is 2.50. The van der Waals surface area contributed by atoms with Crippen molar-refractivity contribution in [3.05, 3.63) is 71.8 Å². The third-order valence-corrected chi connectivity index (χ3v) is 5.02. The molecule has 1 aliphatic heterocycles. The summed E-state index contributed by atoms with van der Waals surface area (Å²) < 4.78 is 5.69. The Balaban J connectivity index is 1.80. The smallest absolute Gasteiger partial charge is 0.407 e. The minimum absolute atomic E-state index is 0.132. The number of hydrogen-bond donors (Lipinski definition) is 1. The van der Waals surface area contributed by atoms with Gasteiger partial charge in [-0.15, -0.1) is 0 Å². The van der Waals surface area contributed by atoms with Crippen LogP contribution >= 0.6 is 0 Å². The third-order valence-electron chi connectivity index (χ3n) is 5.02. The van der Waals surface area contributed by atoms with Gasteiger partial charge in [-0.05, 0) is 17.5 Å². The molecule has 0 aliphatic carbocycles. The fourth-order valence-corrected chi connectivity index (χ4v) is 3.65. The van der Waals surface area contributed by atoms with Gasteiger partial charge in [-0.1, -0.05) is 60.7 Å². The van der Waals surface area contributed by atoms with Gasteiger partial charge in [0, 0.05) is 32.8 Å². The monoisotopic (exact) mass is 354 g/mol.